The molecule has 0 saturated carbocycles. The Morgan fingerprint density at radius 2 is 2.00 bits per heavy atom. The van der Waals surface area contributed by atoms with Crippen molar-refractivity contribution in [3.63, 3.8) is 0 Å². The van der Waals surface area contributed by atoms with Crippen molar-refractivity contribution in [2.75, 3.05) is 0 Å². The lowest BCUT2D eigenvalue weighted by atomic mass is 10.3. The lowest BCUT2D eigenvalue weighted by Crippen LogP contribution is -2.19. The van der Waals surface area contributed by atoms with Crippen LogP contribution < -0.4 is 4.74 Å². The first-order valence-electron chi connectivity index (χ1n) is 4.00. The zero-order valence-corrected chi connectivity index (χ0v) is 9.63. The Bertz CT molecular complexity index is 479. The van der Waals surface area contributed by atoms with Gasteiger partial charge in [-0.05, 0) is 15.9 Å². The van der Waals surface area contributed by atoms with Crippen molar-refractivity contribution in [3.8, 4) is 5.75 Å². The van der Waals surface area contributed by atoms with Crippen LogP contribution in [-0.4, -0.2) is 16.3 Å². The summed E-state index contributed by atoms with van der Waals surface area (Å²) in [5, 5.41) is 10.4. The molecule has 0 aliphatic carbocycles. The van der Waals surface area contributed by atoms with E-state index in [-0.39, 0.29) is 6.07 Å². The lowest BCUT2D eigenvalue weighted by Gasteiger charge is -2.12. The molecule has 0 N–H and O–H groups in total. The van der Waals surface area contributed by atoms with E-state index in [0.717, 1.165) is 0 Å². The molecule has 11 heteroatoms. The van der Waals surface area contributed by atoms with Gasteiger partial charge in [-0.3, -0.25) is 10.1 Å². The van der Waals surface area contributed by atoms with Gasteiger partial charge in [0.25, 0.3) is 6.43 Å². The molecular formula is C7H2BrF5N2O3. The van der Waals surface area contributed by atoms with E-state index in [0.29, 0.717) is 0 Å². The number of halogens is 6. The van der Waals surface area contributed by atoms with Gasteiger partial charge in [0.2, 0.25) is 0 Å². The van der Waals surface area contributed by atoms with E-state index in [2.05, 4.69) is 25.7 Å². The summed E-state index contributed by atoms with van der Waals surface area (Å²) in [6, 6.07) is 0.228. The van der Waals surface area contributed by atoms with Crippen molar-refractivity contribution >= 4 is 21.6 Å². The Balaban J connectivity index is 3.35. The summed E-state index contributed by atoms with van der Waals surface area (Å²) in [6.45, 7) is 0. The van der Waals surface area contributed by atoms with Crippen LogP contribution >= 0.6 is 15.9 Å². The third-order valence-corrected chi connectivity index (χ3v) is 2.16. The first-order chi connectivity index (χ1) is 8.11. The van der Waals surface area contributed by atoms with Gasteiger partial charge >= 0.3 is 12.0 Å². The molecule has 1 aromatic rings. The van der Waals surface area contributed by atoms with Crippen LogP contribution in [0.5, 0.6) is 5.75 Å². The van der Waals surface area contributed by atoms with Gasteiger partial charge in [0.1, 0.15) is 0 Å². The number of pyridine rings is 1. The molecule has 1 rings (SSSR count). The molecule has 0 atom stereocenters. The highest BCUT2D eigenvalue weighted by Crippen LogP contribution is 2.37. The molecule has 5 nitrogen and oxygen atoms in total. The fraction of sp³-hybridized carbons (Fsp3) is 0.286. The first kappa shape index (κ1) is 14.5. The molecule has 1 aromatic heterocycles. The van der Waals surface area contributed by atoms with Crippen LogP contribution in [0.2, 0.25) is 0 Å². The van der Waals surface area contributed by atoms with Crippen LogP contribution in [-0.2, 0) is 0 Å². The molecule has 0 aliphatic heterocycles. The number of ether oxygens (including phenoxy) is 1. The first-order valence-corrected chi connectivity index (χ1v) is 4.80. The molecule has 0 aliphatic rings. The van der Waals surface area contributed by atoms with Crippen molar-refractivity contribution in [2.24, 2.45) is 0 Å². The monoisotopic (exact) mass is 336 g/mol. The smallest absolute Gasteiger partial charge is 0.403 e. The van der Waals surface area contributed by atoms with Gasteiger partial charge in [0.05, 0.1) is 11.0 Å². The molecule has 18 heavy (non-hydrogen) atoms. The summed E-state index contributed by atoms with van der Waals surface area (Å²) in [7, 11) is 0. The highest BCUT2D eigenvalue weighted by atomic mass is 79.9. The van der Waals surface area contributed by atoms with Gasteiger partial charge in [-0.25, -0.2) is 13.8 Å². The Labute approximate surface area is 104 Å². The molecule has 0 unspecified atom stereocenters. The summed E-state index contributed by atoms with van der Waals surface area (Å²) in [5.41, 5.74) is -2.26. The zero-order valence-electron chi connectivity index (χ0n) is 8.04. The molecule has 0 amide bonds. The van der Waals surface area contributed by atoms with Crippen molar-refractivity contribution < 1.29 is 31.6 Å². The minimum absolute atomic E-state index is 0.228. The minimum Gasteiger partial charge on any atom is -0.403 e. The Morgan fingerprint density at radius 1 is 1.44 bits per heavy atom. The largest absolute Gasteiger partial charge is 0.573 e. The molecule has 0 radical (unpaired) electrons. The molecule has 0 aromatic carbocycles. The third-order valence-electron chi connectivity index (χ3n) is 1.58. The lowest BCUT2D eigenvalue weighted by molar-refractivity contribution is -0.386. The zero-order chi connectivity index (χ0) is 14.1. The highest BCUT2D eigenvalue weighted by Gasteiger charge is 2.35. The fourth-order valence-electron chi connectivity index (χ4n) is 0.967. The van der Waals surface area contributed by atoms with Gasteiger partial charge < -0.3 is 4.74 Å². The van der Waals surface area contributed by atoms with Gasteiger partial charge in [-0.15, -0.1) is 13.2 Å². The topological polar surface area (TPSA) is 65.3 Å². The number of hydrogen-bond acceptors (Lipinski definition) is 4. The second-order valence-corrected chi connectivity index (χ2v) is 3.54. The number of nitro groups is 1. The Morgan fingerprint density at radius 3 is 2.39 bits per heavy atom. The normalized spacial score (nSPS) is 11.7. The summed E-state index contributed by atoms with van der Waals surface area (Å²) in [5.74, 6) is -1.41. The predicted molar refractivity (Wildman–Crippen MR) is 50.2 cm³/mol. The number of rotatable bonds is 3. The van der Waals surface area contributed by atoms with Crippen LogP contribution in [0.1, 0.15) is 12.1 Å². The Kier molecular flexibility index (Phi) is 4.04. The number of aromatic nitrogens is 1. The summed E-state index contributed by atoms with van der Waals surface area (Å²) < 4.78 is 63.3. The van der Waals surface area contributed by atoms with Crippen molar-refractivity contribution in [3.05, 3.63) is 26.5 Å². The van der Waals surface area contributed by atoms with Crippen LogP contribution in [0.15, 0.2) is 10.7 Å². The fourth-order valence-corrected chi connectivity index (χ4v) is 1.42. The minimum atomic E-state index is -5.26. The van der Waals surface area contributed by atoms with Crippen LogP contribution in [0.4, 0.5) is 27.6 Å². The van der Waals surface area contributed by atoms with E-state index in [1.807, 2.05) is 0 Å². The van der Waals surface area contributed by atoms with Crippen molar-refractivity contribution in [1.29, 1.82) is 0 Å². The van der Waals surface area contributed by atoms with Gasteiger partial charge in [-0.2, -0.15) is 0 Å². The maximum atomic E-state index is 12.4. The van der Waals surface area contributed by atoms with Crippen LogP contribution in [0, 0.1) is 10.1 Å². The van der Waals surface area contributed by atoms with Crippen LogP contribution in [0.3, 0.4) is 0 Å². The van der Waals surface area contributed by atoms with E-state index in [9.17, 15) is 32.1 Å². The Hall–Kier alpha value is -1.52. The number of hydrogen-bond donors (Lipinski definition) is 0. The molecule has 0 bridgehead atoms. The van der Waals surface area contributed by atoms with E-state index in [4.69, 9.17) is 0 Å². The summed E-state index contributed by atoms with van der Waals surface area (Å²) in [4.78, 5) is 12.3. The molecule has 0 fully saturated rings. The van der Waals surface area contributed by atoms with Crippen LogP contribution in [0.25, 0.3) is 0 Å². The van der Waals surface area contributed by atoms with E-state index >= 15 is 0 Å². The maximum Gasteiger partial charge on any atom is 0.573 e. The van der Waals surface area contributed by atoms with Gasteiger partial charge in [0.15, 0.2) is 16.0 Å². The van der Waals surface area contributed by atoms with E-state index in [1.54, 1.807) is 0 Å². The standard InChI is InChI=1S/C7H2BrF5N2O3/c8-5-2(15(16)17)1-3(18-7(11,12)13)4(14-5)6(9)10/h1,6H. The van der Waals surface area contributed by atoms with Crippen molar-refractivity contribution in [2.45, 2.75) is 12.8 Å². The molecule has 1 heterocycles. The quantitative estimate of drug-likeness (QED) is 0.366. The number of alkyl halides is 5. The average Bonchev–Trinajstić information content (AvgIpc) is 2.17. The average molecular weight is 337 g/mol. The number of nitrogens with zero attached hydrogens (tertiary/aromatic N) is 2. The molecule has 100 valence electrons. The highest BCUT2D eigenvalue weighted by molar-refractivity contribution is 9.10. The summed E-state index contributed by atoms with van der Waals surface area (Å²) in [6.07, 6.45) is -8.63. The SMILES string of the molecule is O=[N+]([O-])c1cc(OC(F)(F)F)c(C(F)F)nc1Br. The van der Waals surface area contributed by atoms with E-state index < -0.39 is 39.4 Å². The molecular weight excluding hydrogens is 335 g/mol. The maximum absolute atomic E-state index is 12.4. The van der Waals surface area contributed by atoms with Gasteiger partial charge in [-0.1, -0.05) is 0 Å². The van der Waals surface area contributed by atoms with Gasteiger partial charge in [0, 0.05) is 0 Å². The van der Waals surface area contributed by atoms with E-state index in [1.165, 1.54) is 0 Å². The predicted octanol–water partition coefficient (Wildman–Crippen LogP) is 3.59. The summed E-state index contributed by atoms with van der Waals surface area (Å²) >= 11 is 2.51. The molecule has 0 saturated heterocycles. The third kappa shape index (κ3) is 3.48. The second kappa shape index (κ2) is 5.00. The van der Waals surface area contributed by atoms with Crippen molar-refractivity contribution in [1.82, 2.24) is 4.98 Å². The molecule has 0 spiro atoms. The second-order valence-electron chi connectivity index (χ2n) is 2.79.